The van der Waals surface area contributed by atoms with E-state index in [4.69, 9.17) is 0 Å². The van der Waals surface area contributed by atoms with Crippen LogP contribution in [0.4, 0.5) is 0 Å². The summed E-state index contributed by atoms with van der Waals surface area (Å²) in [7, 11) is 2.83. The molecule has 0 saturated carbocycles. The highest BCUT2D eigenvalue weighted by atomic mass is 16.9. The molecule has 0 heterocycles. The van der Waals surface area contributed by atoms with Gasteiger partial charge >= 0.3 is 0 Å². The van der Waals surface area contributed by atoms with Crippen LogP contribution in [0, 0.1) is 5.21 Å². The van der Waals surface area contributed by atoms with Gasteiger partial charge in [-0.15, -0.1) is 0 Å². The van der Waals surface area contributed by atoms with Crippen molar-refractivity contribution in [3.63, 3.8) is 0 Å². The Labute approximate surface area is 47.7 Å². The molecule has 5 nitrogen and oxygen atoms in total. The highest BCUT2D eigenvalue weighted by Gasteiger charge is 1.82. The van der Waals surface area contributed by atoms with Gasteiger partial charge < -0.3 is 10.0 Å². The Balaban J connectivity index is 2.86. The average molecular weight is 121 g/mol. The Bertz CT molecular complexity index is 51.8. The number of hydroxylamine groups is 3. The zero-order chi connectivity index (χ0) is 6.41. The van der Waals surface area contributed by atoms with Crippen LogP contribution in [0.15, 0.2) is 0 Å². The maximum absolute atomic E-state index is 10.1. The lowest BCUT2D eigenvalue weighted by Gasteiger charge is -2.22. The lowest BCUT2D eigenvalue weighted by atomic mass is 11.3. The molecule has 1 N–H and O–H groups in total. The molecule has 0 aliphatic heterocycles. The van der Waals surface area contributed by atoms with Crippen molar-refractivity contribution in [2.24, 2.45) is 0 Å². The van der Waals surface area contributed by atoms with E-state index in [1.165, 1.54) is 7.11 Å². The predicted molar refractivity (Wildman–Crippen MR) is 27.2 cm³/mol. The molecule has 0 unspecified atom stereocenters. The van der Waals surface area contributed by atoms with E-state index in [1.807, 2.05) is 0 Å². The first-order chi connectivity index (χ1) is 3.81. The van der Waals surface area contributed by atoms with Crippen molar-refractivity contribution in [2.75, 3.05) is 20.9 Å². The zero-order valence-corrected chi connectivity index (χ0v) is 4.88. The molecule has 0 aromatic rings. The zero-order valence-electron chi connectivity index (χ0n) is 4.88. The molecule has 0 atom stereocenters. The summed E-state index contributed by atoms with van der Waals surface area (Å²) in [5.74, 6) is 0. The van der Waals surface area contributed by atoms with Crippen molar-refractivity contribution >= 4 is 0 Å². The maximum atomic E-state index is 10.1. The fourth-order valence-electron chi connectivity index (χ4n) is 0.170. The SMILES string of the molecule is CNOCN([O-])OC. The van der Waals surface area contributed by atoms with Gasteiger partial charge in [0.1, 0.15) is 6.73 Å². The summed E-state index contributed by atoms with van der Waals surface area (Å²) in [6.45, 7) is -0.132. The summed E-state index contributed by atoms with van der Waals surface area (Å²) in [6.07, 6.45) is 0. The normalized spacial score (nSPS) is 10.5. The van der Waals surface area contributed by atoms with E-state index in [1.54, 1.807) is 7.05 Å². The molecular formula is C3H9N2O3-. The van der Waals surface area contributed by atoms with Crippen molar-refractivity contribution < 1.29 is 9.68 Å². The van der Waals surface area contributed by atoms with Crippen LogP contribution >= 0.6 is 0 Å². The Morgan fingerprint density at radius 1 is 1.75 bits per heavy atom. The molecule has 0 aliphatic carbocycles. The number of rotatable bonds is 4. The lowest BCUT2D eigenvalue weighted by Crippen LogP contribution is -2.22. The number of hydrogen-bond acceptors (Lipinski definition) is 5. The number of nitrogens with one attached hydrogen (secondary N) is 1. The number of nitrogens with zero attached hydrogens (tertiary/aromatic N) is 1. The number of hydrogen-bond donors (Lipinski definition) is 1. The first-order valence-electron chi connectivity index (χ1n) is 2.08. The van der Waals surface area contributed by atoms with Crippen molar-refractivity contribution in [3.05, 3.63) is 5.21 Å². The van der Waals surface area contributed by atoms with Crippen molar-refractivity contribution in [3.8, 4) is 0 Å². The Morgan fingerprint density at radius 3 is 2.75 bits per heavy atom. The molecule has 8 heavy (non-hydrogen) atoms. The molecule has 0 bridgehead atoms. The van der Waals surface area contributed by atoms with Crippen LogP contribution < -0.4 is 5.48 Å². The van der Waals surface area contributed by atoms with Crippen LogP contribution in [0.5, 0.6) is 0 Å². The van der Waals surface area contributed by atoms with Crippen LogP contribution in [-0.2, 0) is 9.68 Å². The molecule has 0 spiro atoms. The standard InChI is InChI=1S/C3H9N2O3/c1-4-8-3-5(6)7-2/h4H,3H2,1-2H3/q-1. The summed E-state index contributed by atoms with van der Waals surface area (Å²) in [5.41, 5.74) is 2.31. The van der Waals surface area contributed by atoms with E-state index >= 15 is 0 Å². The van der Waals surface area contributed by atoms with Crippen molar-refractivity contribution in [1.29, 1.82) is 0 Å². The monoisotopic (exact) mass is 121 g/mol. The topological polar surface area (TPSA) is 56.8 Å². The minimum atomic E-state index is -0.132. The highest BCUT2D eigenvalue weighted by molar-refractivity contribution is 4.26. The lowest BCUT2D eigenvalue weighted by molar-refractivity contribution is -0.168. The van der Waals surface area contributed by atoms with E-state index in [0.717, 1.165) is 0 Å². The summed E-state index contributed by atoms with van der Waals surface area (Å²) in [6, 6.07) is 0. The molecule has 0 aliphatic rings. The van der Waals surface area contributed by atoms with E-state index in [0.29, 0.717) is 5.23 Å². The molecule has 0 radical (unpaired) electrons. The third kappa shape index (κ3) is 3.97. The van der Waals surface area contributed by atoms with Gasteiger partial charge in [0.05, 0.1) is 7.11 Å². The minimum Gasteiger partial charge on any atom is -0.760 e. The van der Waals surface area contributed by atoms with Gasteiger partial charge in [0, 0.05) is 7.05 Å². The fourth-order valence-corrected chi connectivity index (χ4v) is 0.170. The maximum Gasteiger partial charge on any atom is 0.131 e. The first-order valence-corrected chi connectivity index (χ1v) is 2.08. The molecule has 0 fully saturated rings. The van der Waals surface area contributed by atoms with Gasteiger partial charge in [0.2, 0.25) is 0 Å². The van der Waals surface area contributed by atoms with Crippen LogP contribution in [0.25, 0.3) is 0 Å². The van der Waals surface area contributed by atoms with Crippen molar-refractivity contribution in [1.82, 2.24) is 10.7 Å². The van der Waals surface area contributed by atoms with Gasteiger partial charge in [-0.3, -0.25) is 4.84 Å². The van der Waals surface area contributed by atoms with Gasteiger partial charge in [-0.05, 0) is 0 Å². The van der Waals surface area contributed by atoms with Gasteiger partial charge in [-0.2, -0.15) is 0 Å². The molecule has 0 rings (SSSR count). The molecule has 50 valence electrons. The molecule has 0 aromatic heterocycles. The molecule has 0 saturated heterocycles. The van der Waals surface area contributed by atoms with E-state index in [2.05, 4.69) is 15.2 Å². The molecular weight excluding hydrogens is 112 g/mol. The van der Waals surface area contributed by atoms with Gasteiger partial charge in [-0.1, -0.05) is 0 Å². The highest BCUT2D eigenvalue weighted by Crippen LogP contribution is 1.79. The Morgan fingerprint density at radius 2 is 2.38 bits per heavy atom. The Kier molecular flexibility index (Phi) is 4.82. The van der Waals surface area contributed by atoms with Crippen molar-refractivity contribution in [2.45, 2.75) is 0 Å². The second-order valence-electron chi connectivity index (χ2n) is 0.993. The van der Waals surface area contributed by atoms with E-state index < -0.39 is 0 Å². The minimum absolute atomic E-state index is 0.132. The largest absolute Gasteiger partial charge is 0.760 e. The van der Waals surface area contributed by atoms with Crippen LogP contribution in [0.1, 0.15) is 0 Å². The first kappa shape index (κ1) is 7.80. The molecule has 0 aromatic carbocycles. The summed E-state index contributed by atoms with van der Waals surface area (Å²) < 4.78 is 0. The van der Waals surface area contributed by atoms with Gasteiger partial charge in [0.15, 0.2) is 0 Å². The molecule has 0 amide bonds. The predicted octanol–water partition coefficient (Wildman–Crippen LogP) is -0.544. The average Bonchev–Trinajstić information content (AvgIpc) is 1.83. The summed E-state index contributed by atoms with van der Waals surface area (Å²) in [5, 5.41) is 10.4. The van der Waals surface area contributed by atoms with Gasteiger partial charge in [0.25, 0.3) is 0 Å². The molecule has 5 heteroatoms. The van der Waals surface area contributed by atoms with Crippen LogP contribution in [0.3, 0.4) is 0 Å². The third-order valence-electron chi connectivity index (χ3n) is 0.518. The van der Waals surface area contributed by atoms with Crippen LogP contribution in [-0.4, -0.2) is 26.1 Å². The smallest absolute Gasteiger partial charge is 0.131 e. The third-order valence-corrected chi connectivity index (χ3v) is 0.518. The fraction of sp³-hybridized carbons (Fsp3) is 1.00. The second-order valence-corrected chi connectivity index (χ2v) is 0.993. The quantitative estimate of drug-likeness (QED) is 0.399. The second kappa shape index (κ2) is 4.95. The van der Waals surface area contributed by atoms with Crippen LogP contribution in [0.2, 0.25) is 0 Å². The summed E-state index contributed by atoms with van der Waals surface area (Å²) >= 11 is 0. The van der Waals surface area contributed by atoms with Gasteiger partial charge in [-0.25, -0.2) is 10.7 Å². The summed E-state index contributed by atoms with van der Waals surface area (Å²) in [4.78, 5) is 8.59. The Hall–Kier alpha value is -0.200. The van der Waals surface area contributed by atoms with E-state index in [-0.39, 0.29) is 6.73 Å². The van der Waals surface area contributed by atoms with E-state index in [9.17, 15) is 5.21 Å².